The summed E-state index contributed by atoms with van der Waals surface area (Å²) in [7, 11) is 0. The van der Waals surface area contributed by atoms with E-state index in [9.17, 15) is 0 Å². The van der Waals surface area contributed by atoms with Crippen LogP contribution in [0, 0.1) is 0 Å². The van der Waals surface area contributed by atoms with Gasteiger partial charge in [0, 0.05) is 49.6 Å². The maximum Gasteiger partial charge on any atom is 0.138 e. The Morgan fingerprint density at radius 2 is 0.932 bits per heavy atom. The van der Waals surface area contributed by atoms with Gasteiger partial charge in [-0.05, 0) is 93.2 Å². The van der Waals surface area contributed by atoms with Gasteiger partial charge < -0.3 is 13.9 Å². The van der Waals surface area contributed by atoms with Crippen molar-refractivity contribution in [3.8, 4) is 56.3 Å². The molecule has 1 aliphatic heterocycles. The molecule has 0 radical (unpaired) electrons. The summed E-state index contributed by atoms with van der Waals surface area (Å²) in [5.41, 5.74) is 14.1. The van der Waals surface area contributed by atoms with Gasteiger partial charge in [0.1, 0.15) is 11.5 Å². The molecule has 2 aromatic heterocycles. The normalized spacial score (nSPS) is 12.2. The molecule has 0 N–H and O–H groups in total. The lowest BCUT2D eigenvalue weighted by molar-refractivity contribution is 0.488. The van der Waals surface area contributed by atoms with E-state index in [2.05, 4.69) is 215 Å². The van der Waals surface area contributed by atoms with Crippen LogP contribution >= 0.6 is 0 Å². The molecule has 10 aromatic carbocycles. The molecule has 0 atom stereocenters. The zero-order valence-corrected chi connectivity index (χ0v) is 31.9. The van der Waals surface area contributed by atoms with Crippen molar-refractivity contribution in [3.63, 3.8) is 0 Å². The largest absolute Gasteiger partial charge is 0.456 e. The first-order valence-electron chi connectivity index (χ1n) is 20.3. The van der Waals surface area contributed by atoms with Crippen LogP contribution in [-0.2, 0) is 0 Å². The first kappa shape index (κ1) is 32.2. The van der Waals surface area contributed by atoms with E-state index < -0.39 is 0 Å². The highest BCUT2D eigenvalue weighted by Gasteiger charge is 2.25. The number of fused-ring (bicyclic) bond motifs is 10. The summed E-state index contributed by atoms with van der Waals surface area (Å²) in [5.74, 6) is 1.75. The fraction of sp³-hybridized carbons (Fsp3) is 0. The summed E-state index contributed by atoms with van der Waals surface area (Å²) < 4.78 is 11.8. The fourth-order valence-electron chi connectivity index (χ4n) is 9.95. The van der Waals surface area contributed by atoms with Crippen molar-refractivity contribution in [1.29, 1.82) is 0 Å². The van der Waals surface area contributed by atoms with Crippen LogP contribution in [0.15, 0.2) is 206 Å². The average Bonchev–Trinajstić information content (AvgIpc) is 3.81. The molecule has 3 heterocycles. The van der Waals surface area contributed by atoms with Crippen molar-refractivity contribution < 1.29 is 4.74 Å². The molecule has 0 amide bonds. The van der Waals surface area contributed by atoms with Gasteiger partial charge in [0.05, 0.1) is 27.8 Å². The number of hydrogen-bond donors (Lipinski definition) is 0. The Hall–Kier alpha value is -7.88. The molecule has 0 fully saturated rings. The maximum atomic E-state index is 7.02. The maximum absolute atomic E-state index is 7.02. The Morgan fingerprint density at radius 3 is 1.76 bits per heavy atom. The Balaban J connectivity index is 0.978. The lowest BCUT2D eigenvalue weighted by atomic mass is 9.90. The molecule has 59 heavy (non-hydrogen) atoms. The molecule has 0 saturated carbocycles. The Morgan fingerprint density at radius 1 is 0.288 bits per heavy atom. The van der Waals surface area contributed by atoms with Crippen molar-refractivity contribution >= 4 is 65.2 Å². The topological polar surface area (TPSA) is 19.1 Å². The highest BCUT2D eigenvalue weighted by Crippen LogP contribution is 2.51. The molecule has 3 heteroatoms. The van der Waals surface area contributed by atoms with Crippen molar-refractivity contribution in [3.05, 3.63) is 206 Å². The second kappa shape index (κ2) is 12.3. The minimum absolute atomic E-state index is 0.869. The lowest BCUT2D eigenvalue weighted by Crippen LogP contribution is -1.99. The SMILES string of the molecule is c1ccc(-c2ccc3c(c2)c2ccccc2n3-c2ccc(-c3ccc4c(c3)Oc3cc5c(c6cccc-4c36)c3ccccc3n5-c3ccccc3)c3ccccc23)cc1. The molecule has 0 unspecified atom stereocenters. The van der Waals surface area contributed by atoms with E-state index in [1.807, 2.05) is 0 Å². The molecule has 0 saturated heterocycles. The summed E-state index contributed by atoms with van der Waals surface area (Å²) in [6.07, 6.45) is 0. The standard InChI is InChI=1S/C56H34N2O/c1-3-14-35(15-4-1)36-27-30-51-47(32-36)42-20-9-11-24-48(42)58(51)50-31-29-39(40-18-7-8-19-41(40)50)37-26-28-43-44-22-13-23-46-55-45-21-10-12-25-49(45)57(38-16-5-2-6-17-38)52(55)34-54(56(44)46)59-53(43)33-37/h1-34H. The van der Waals surface area contributed by atoms with E-state index >= 15 is 0 Å². The first-order valence-corrected chi connectivity index (χ1v) is 20.3. The Labute approximate surface area is 340 Å². The fourth-order valence-corrected chi connectivity index (χ4v) is 9.95. The number of benzene rings is 10. The number of para-hydroxylation sites is 3. The zero-order chi connectivity index (χ0) is 38.6. The highest BCUT2D eigenvalue weighted by molar-refractivity contribution is 6.25. The average molecular weight is 751 g/mol. The number of hydrogen-bond acceptors (Lipinski definition) is 1. The molecule has 1 aliphatic rings. The second-order valence-electron chi connectivity index (χ2n) is 15.6. The van der Waals surface area contributed by atoms with Gasteiger partial charge in [0.25, 0.3) is 0 Å². The molecule has 274 valence electrons. The highest BCUT2D eigenvalue weighted by atomic mass is 16.5. The molecule has 0 aliphatic carbocycles. The van der Waals surface area contributed by atoms with Crippen LogP contribution in [0.25, 0.3) is 110 Å². The van der Waals surface area contributed by atoms with Gasteiger partial charge >= 0.3 is 0 Å². The molecule has 13 rings (SSSR count). The Bertz CT molecular complexity index is 3690. The van der Waals surface area contributed by atoms with Gasteiger partial charge in [-0.15, -0.1) is 0 Å². The second-order valence-corrected chi connectivity index (χ2v) is 15.6. The van der Waals surface area contributed by atoms with Gasteiger partial charge in [-0.2, -0.15) is 0 Å². The van der Waals surface area contributed by atoms with Crippen LogP contribution in [-0.4, -0.2) is 9.13 Å². The van der Waals surface area contributed by atoms with Gasteiger partial charge in [-0.3, -0.25) is 0 Å². The quantitative estimate of drug-likeness (QED) is 0.175. The molecule has 3 nitrogen and oxygen atoms in total. The summed E-state index contributed by atoms with van der Waals surface area (Å²) in [6.45, 7) is 0. The van der Waals surface area contributed by atoms with E-state index in [0.717, 1.165) is 44.9 Å². The zero-order valence-electron chi connectivity index (χ0n) is 31.9. The van der Waals surface area contributed by atoms with Crippen LogP contribution in [0.3, 0.4) is 0 Å². The van der Waals surface area contributed by atoms with Crippen molar-refractivity contribution in [2.24, 2.45) is 0 Å². The third kappa shape index (κ3) is 4.64. The lowest BCUT2D eigenvalue weighted by Gasteiger charge is -2.23. The molecule has 0 spiro atoms. The summed E-state index contributed by atoms with van der Waals surface area (Å²) in [5, 5.41) is 9.75. The molecule has 12 aromatic rings. The predicted octanol–water partition coefficient (Wildman–Crippen LogP) is 15.3. The van der Waals surface area contributed by atoms with Crippen molar-refractivity contribution in [2.75, 3.05) is 0 Å². The first-order chi connectivity index (χ1) is 29.3. The Kier molecular flexibility index (Phi) is 6.72. The van der Waals surface area contributed by atoms with Crippen LogP contribution in [0.5, 0.6) is 11.5 Å². The van der Waals surface area contributed by atoms with E-state index in [1.165, 1.54) is 76.5 Å². The van der Waals surface area contributed by atoms with Gasteiger partial charge in [0.2, 0.25) is 0 Å². The van der Waals surface area contributed by atoms with Gasteiger partial charge in [0.15, 0.2) is 0 Å². The summed E-state index contributed by atoms with van der Waals surface area (Å²) in [6, 6.07) is 74.8. The third-order valence-corrected chi connectivity index (χ3v) is 12.5. The van der Waals surface area contributed by atoms with E-state index in [-0.39, 0.29) is 0 Å². The smallest absolute Gasteiger partial charge is 0.138 e. The number of rotatable bonds is 4. The summed E-state index contributed by atoms with van der Waals surface area (Å²) in [4.78, 5) is 0. The van der Waals surface area contributed by atoms with Crippen LogP contribution in [0.2, 0.25) is 0 Å². The van der Waals surface area contributed by atoms with Crippen LogP contribution in [0.4, 0.5) is 0 Å². The molecular weight excluding hydrogens is 717 g/mol. The van der Waals surface area contributed by atoms with Crippen LogP contribution < -0.4 is 4.74 Å². The predicted molar refractivity (Wildman–Crippen MR) is 247 cm³/mol. The summed E-state index contributed by atoms with van der Waals surface area (Å²) >= 11 is 0. The van der Waals surface area contributed by atoms with Crippen molar-refractivity contribution in [1.82, 2.24) is 9.13 Å². The molecular formula is C56H34N2O. The minimum atomic E-state index is 0.869. The van der Waals surface area contributed by atoms with Gasteiger partial charge in [-0.1, -0.05) is 146 Å². The third-order valence-electron chi connectivity index (χ3n) is 12.5. The number of aromatic nitrogens is 2. The minimum Gasteiger partial charge on any atom is -0.456 e. The van der Waals surface area contributed by atoms with E-state index in [1.54, 1.807) is 0 Å². The van der Waals surface area contributed by atoms with Crippen molar-refractivity contribution in [2.45, 2.75) is 0 Å². The number of ether oxygens (including phenoxy) is 1. The van der Waals surface area contributed by atoms with E-state index in [0.29, 0.717) is 0 Å². The molecule has 0 bridgehead atoms. The number of nitrogens with zero attached hydrogens (tertiary/aromatic N) is 2. The van der Waals surface area contributed by atoms with Gasteiger partial charge in [-0.25, -0.2) is 0 Å². The van der Waals surface area contributed by atoms with Crippen LogP contribution in [0.1, 0.15) is 0 Å². The van der Waals surface area contributed by atoms with E-state index in [4.69, 9.17) is 4.74 Å². The monoisotopic (exact) mass is 750 g/mol.